The molecule has 0 aliphatic carbocycles. The summed E-state index contributed by atoms with van der Waals surface area (Å²) >= 11 is 0. The normalized spacial score (nSPS) is 28.6. The van der Waals surface area contributed by atoms with Gasteiger partial charge in [0.25, 0.3) is 0 Å². The van der Waals surface area contributed by atoms with E-state index in [1.807, 2.05) is 0 Å². The Hall–Kier alpha value is -1.39. The van der Waals surface area contributed by atoms with Gasteiger partial charge in [0.2, 0.25) is 5.91 Å². The molecule has 126 valence electrons. The summed E-state index contributed by atoms with van der Waals surface area (Å²) in [5.41, 5.74) is 7.91. The molecule has 3 unspecified atom stereocenters. The van der Waals surface area contributed by atoms with Gasteiger partial charge in [0.1, 0.15) is 6.04 Å². The van der Waals surface area contributed by atoms with E-state index < -0.39 is 0 Å². The molecule has 2 N–H and O–H groups in total. The molecule has 2 heterocycles. The first-order chi connectivity index (χ1) is 11.3. The van der Waals surface area contributed by atoms with Crippen LogP contribution in [0.2, 0.25) is 0 Å². The van der Waals surface area contributed by atoms with Crippen molar-refractivity contribution in [1.29, 1.82) is 0 Å². The number of carbonyl (C=O) groups excluding carboxylic acids is 1. The lowest BCUT2D eigenvalue weighted by atomic mass is 9.92. The van der Waals surface area contributed by atoms with Gasteiger partial charge in [-0.05, 0) is 43.6 Å². The molecule has 2 fully saturated rings. The first kappa shape index (κ1) is 16.5. The summed E-state index contributed by atoms with van der Waals surface area (Å²) in [6, 6.07) is 11.1. The van der Waals surface area contributed by atoms with Crippen molar-refractivity contribution < 1.29 is 4.79 Å². The van der Waals surface area contributed by atoms with Crippen molar-refractivity contribution >= 4 is 5.91 Å². The van der Waals surface area contributed by atoms with Crippen molar-refractivity contribution in [3.63, 3.8) is 0 Å². The molecule has 4 heteroatoms. The predicted molar refractivity (Wildman–Crippen MR) is 93.0 cm³/mol. The van der Waals surface area contributed by atoms with Crippen molar-refractivity contribution in [2.24, 2.45) is 0 Å². The fourth-order valence-electron chi connectivity index (χ4n) is 3.92. The highest BCUT2D eigenvalue weighted by Crippen LogP contribution is 2.28. The number of rotatable bonds is 4. The van der Waals surface area contributed by atoms with Crippen LogP contribution in [0.4, 0.5) is 0 Å². The Morgan fingerprint density at radius 1 is 1.17 bits per heavy atom. The summed E-state index contributed by atoms with van der Waals surface area (Å²) < 4.78 is 0. The largest absolute Gasteiger partial charge is 0.341 e. The van der Waals surface area contributed by atoms with Crippen molar-refractivity contribution in [3.05, 3.63) is 35.9 Å². The van der Waals surface area contributed by atoms with E-state index in [-0.39, 0.29) is 11.9 Å². The Morgan fingerprint density at radius 2 is 2.00 bits per heavy atom. The van der Waals surface area contributed by atoms with Gasteiger partial charge in [0.15, 0.2) is 0 Å². The number of carbonyl (C=O) groups is 1. The SMILES string of the molecule is CCCC1CC(C(=O)N2CCCC(c3ccccc3)CC2)NN1. The Morgan fingerprint density at radius 3 is 2.78 bits per heavy atom. The molecule has 0 bridgehead atoms. The van der Waals surface area contributed by atoms with Crippen LogP contribution in [0.1, 0.15) is 56.9 Å². The van der Waals surface area contributed by atoms with E-state index in [0.29, 0.717) is 12.0 Å². The van der Waals surface area contributed by atoms with E-state index in [1.54, 1.807) is 0 Å². The molecular formula is C19H29N3O. The van der Waals surface area contributed by atoms with Crippen LogP contribution in [0.5, 0.6) is 0 Å². The number of hydrogen-bond acceptors (Lipinski definition) is 3. The van der Waals surface area contributed by atoms with Crippen LogP contribution in [0.3, 0.4) is 0 Å². The summed E-state index contributed by atoms with van der Waals surface area (Å²) in [4.78, 5) is 14.8. The number of nitrogens with one attached hydrogen (secondary N) is 2. The Kier molecular flexibility index (Phi) is 5.68. The minimum Gasteiger partial charge on any atom is -0.341 e. The standard InChI is InChI=1S/C19H29N3O/c1-2-7-17-14-18(21-20-17)19(23)22-12-6-10-16(11-13-22)15-8-4-3-5-9-15/h3-5,8-9,16-18,20-21H,2,6-7,10-14H2,1H3. The van der Waals surface area contributed by atoms with Gasteiger partial charge in [-0.1, -0.05) is 43.7 Å². The molecule has 3 rings (SSSR count). The van der Waals surface area contributed by atoms with Gasteiger partial charge < -0.3 is 4.90 Å². The third kappa shape index (κ3) is 4.12. The molecular weight excluding hydrogens is 286 g/mol. The van der Waals surface area contributed by atoms with Gasteiger partial charge in [0.05, 0.1) is 0 Å². The number of hydrogen-bond donors (Lipinski definition) is 2. The third-order valence-electron chi connectivity index (χ3n) is 5.23. The molecule has 1 aromatic rings. The van der Waals surface area contributed by atoms with Gasteiger partial charge in [-0.2, -0.15) is 0 Å². The lowest BCUT2D eigenvalue weighted by Crippen LogP contribution is -2.46. The molecule has 2 saturated heterocycles. The average Bonchev–Trinajstić information content (AvgIpc) is 2.91. The first-order valence-corrected chi connectivity index (χ1v) is 9.12. The van der Waals surface area contributed by atoms with E-state index in [9.17, 15) is 4.79 Å². The number of nitrogens with zero attached hydrogens (tertiary/aromatic N) is 1. The van der Waals surface area contributed by atoms with E-state index >= 15 is 0 Å². The van der Waals surface area contributed by atoms with Crippen LogP contribution in [-0.2, 0) is 4.79 Å². The molecule has 1 amide bonds. The van der Waals surface area contributed by atoms with Crippen molar-refractivity contribution in [2.75, 3.05) is 13.1 Å². The molecule has 0 aromatic heterocycles. The second-order valence-electron chi connectivity index (χ2n) is 6.93. The second-order valence-corrected chi connectivity index (χ2v) is 6.93. The predicted octanol–water partition coefficient (Wildman–Crippen LogP) is 2.82. The Labute approximate surface area is 139 Å². The smallest absolute Gasteiger partial charge is 0.241 e. The van der Waals surface area contributed by atoms with Crippen molar-refractivity contribution in [2.45, 2.75) is 63.5 Å². The topological polar surface area (TPSA) is 44.4 Å². The maximum Gasteiger partial charge on any atom is 0.241 e. The summed E-state index contributed by atoms with van der Waals surface area (Å²) in [5.74, 6) is 0.876. The van der Waals surface area contributed by atoms with Crippen molar-refractivity contribution in [3.8, 4) is 0 Å². The van der Waals surface area contributed by atoms with Crippen LogP contribution in [-0.4, -0.2) is 36.0 Å². The Bertz CT molecular complexity index is 505. The maximum atomic E-state index is 12.8. The lowest BCUT2D eigenvalue weighted by molar-refractivity contribution is -0.133. The fraction of sp³-hybridized carbons (Fsp3) is 0.632. The molecule has 2 aliphatic heterocycles. The van der Waals surface area contributed by atoms with Gasteiger partial charge >= 0.3 is 0 Å². The first-order valence-electron chi connectivity index (χ1n) is 9.12. The summed E-state index contributed by atoms with van der Waals surface area (Å²) in [6.07, 6.45) is 6.57. The van der Waals surface area contributed by atoms with E-state index in [0.717, 1.165) is 45.2 Å². The number of likely N-dealkylation sites (tertiary alicyclic amines) is 1. The monoisotopic (exact) mass is 315 g/mol. The molecule has 4 nitrogen and oxygen atoms in total. The van der Waals surface area contributed by atoms with Crippen molar-refractivity contribution in [1.82, 2.24) is 15.8 Å². The van der Waals surface area contributed by atoms with Gasteiger partial charge in [0, 0.05) is 19.1 Å². The quantitative estimate of drug-likeness (QED) is 0.898. The van der Waals surface area contributed by atoms with Crippen LogP contribution < -0.4 is 10.9 Å². The highest BCUT2D eigenvalue weighted by molar-refractivity contribution is 5.82. The number of benzene rings is 1. The minimum atomic E-state index is -0.0418. The van der Waals surface area contributed by atoms with Gasteiger partial charge in [-0.25, -0.2) is 5.43 Å². The zero-order chi connectivity index (χ0) is 16.1. The minimum absolute atomic E-state index is 0.0418. The molecule has 0 radical (unpaired) electrons. The zero-order valence-electron chi connectivity index (χ0n) is 14.1. The average molecular weight is 315 g/mol. The van der Waals surface area contributed by atoms with Gasteiger partial charge in [-0.15, -0.1) is 0 Å². The van der Waals surface area contributed by atoms with Crippen LogP contribution in [0, 0.1) is 0 Å². The molecule has 0 saturated carbocycles. The lowest BCUT2D eigenvalue weighted by Gasteiger charge is -2.24. The summed E-state index contributed by atoms with van der Waals surface area (Å²) in [6.45, 7) is 3.98. The highest BCUT2D eigenvalue weighted by atomic mass is 16.2. The van der Waals surface area contributed by atoms with E-state index in [1.165, 1.54) is 12.0 Å². The molecule has 23 heavy (non-hydrogen) atoms. The molecule has 3 atom stereocenters. The molecule has 2 aliphatic rings. The van der Waals surface area contributed by atoms with E-state index in [4.69, 9.17) is 0 Å². The highest BCUT2D eigenvalue weighted by Gasteiger charge is 2.32. The number of hydrazine groups is 1. The van der Waals surface area contributed by atoms with E-state index in [2.05, 4.69) is 53.0 Å². The molecule has 0 spiro atoms. The summed E-state index contributed by atoms with van der Waals surface area (Å²) in [5, 5.41) is 0. The second kappa shape index (κ2) is 7.93. The van der Waals surface area contributed by atoms with Gasteiger partial charge in [-0.3, -0.25) is 10.2 Å². The van der Waals surface area contributed by atoms with Crippen LogP contribution in [0.25, 0.3) is 0 Å². The zero-order valence-corrected chi connectivity index (χ0v) is 14.1. The maximum absolute atomic E-state index is 12.8. The van der Waals surface area contributed by atoms with Crippen LogP contribution >= 0.6 is 0 Å². The number of amides is 1. The summed E-state index contributed by atoms with van der Waals surface area (Å²) in [7, 11) is 0. The third-order valence-corrected chi connectivity index (χ3v) is 5.23. The van der Waals surface area contributed by atoms with Crippen LogP contribution in [0.15, 0.2) is 30.3 Å². The Balaban J connectivity index is 1.55. The fourth-order valence-corrected chi connectivity index (χ4v) is 3.92. The molecule has 1 aromatic carbocycles.